The van der Waals surface area contributed by atoms with Crippen LogP contribution >= 0.6 is 0 Å². The Morgan fingerprint density at radius 2 is 1.94 bits per heavy atom. The molecule has 4 aromatic rings. The molecule has 0 saturated heterocycles. The van der Waals surface area contributed by atoms with Crippen LogP contribution in [-0.2, 0) is 24.4 Å². The minimum atomic E-state index is -0.537. The first-order valence-electron chi connectivity index (χ1n) is 10.6. The van der Waals surface area contributed by atoms with Gasteiger partial charge in [0.2, 0.25) is 11.7 Å². The number of hydrogen-bond acceptors (Lipinski definition) is 5. The molecule has 0 radical (unpaired) electrons. The molecule has 0 bridgehead atoms. The van der Waals surface area contributed by atoms with Crippen molar-refractivity contribution in [3.05, 3.63) is 101 Å². The summed E-state index contributed by atoms with van der Waals surface area (Å²) in [4.78, 5) is 30.7. The van der Waals surface area contributed by atoms with Gasteiger partial charge in [0.25, 0.3) is 0 Å². The fraction of sp³-hybridized carbons (Fsp3) is 0.208. The number of imidazole rings is 2. The Morgan fingerprint density at radius 1 is 1.15 bits per heavy atom. The number of carbonyl (C=O) groups is 1. The van der Waals surface area contributed by atoms with Gasteiger partial charge >= 0.3 is 5.82 Å². The SMILES string of the molecule is Cc1nc([N+](=O)[O-])cn1CCC(=O)NCc1ccccc1-c1ccc(Cn2ccnc2)cc1. The minimum Gasteiger partial charge on any atom is -0.358 e. The third-order valence-electron chi connectivity index (χ3n) is 5.41. The number of rotatable bonds is 9. The van der Waals surface area contributed by atoms with E-state index in [1.807, 2.05) is 35.0 Å². The van der Waals surface area contributed by atoms with Gasteiger partial charge in [-0.15, -0.1) is 0 Å². The Hall–Kier alpha value is -4.27. The largest absolute Gasteiger partial charge is 0.381 e. The summed E-state index contributed by atoms with van der Waals surface area (Å²) in [6, 6.07) is 16.3. The summed E-state index contributed by atoms with van der Waals surface area (Å²) in [7, 11) is 0. The number of nitrogens with zero attached hydrogens (tertiary/aromatic N) is 5. The van der Waals surface area contributed by atoms with Crippen LogP contribution in [0, 0.1) is 17.0 Å². The highest BCUT2D eigenvalue weighted by molar-refractivity contribution is 5.76. The predicted molar refractivity (Wildman–Crippen MR) is 123 cm³/mol. The average Bonchev–Trinajstić information content (AvgIpc) is 3.46. The lowest BCUT2D eigenvalue weighted by molar-refractivity contribution is -0.389. The number of nitro groups is 1. The van der Waals surface area contributed by atoms with E-state index in [4.69, 9.17) is 0 Å². The molecule has 33 heavy (non-hydrogen) atoms. The van der Waals surface area contributed by atoms with Crippen molar-refractivity contribution in [2.24, 2.45) is 0 Å². The number of aromatic nitrogens is 4. The van der Waals surface area contributed by atoms with Crippen LogP contribution in [0.2, 0.25) is 0 Å². The van der Waals surface area contributed by atoms with E-state index >= 15 is 0 Å². The smallest absolute Gasteiger partial charge is 0.358 e. The van der Waals surface area contributed by atoms with Gasteiger partial charge in [-0.2, -0.15) is 0 Å². The molecular weight excluding hydrogens is 420 g/mol. The Kier molecular flexibility index (Phi) is 6.58. The second-order valence-corrected chi connectivity index (χ2v) is 7.71. The molecule has 0 unspecified atom stereocenters. The van der Waals surface area contributed by atoms with Crippen LogP contribution in [0.25, 0.3) is 11.1 Å². The summed E-state index contributed by atoms with van der Waals surface area (Å²) in [5.41, 5.74) is 4.34. The molecule has 2 aromatic carbocycles. The summed E-state index contributed by atoms with van der Waals surface area (Å²) in [5.74, 6) is 0.172. The van der Waals surface area contributed by atoms with Gasteiger partial charge in [-0.05, 0) is 32.2 Å². The zero-order chi connectivity index (χ0) is 23.2. The van der Waals surface area contributed by atoms with E-state index in [0.717, 1.165) is 23.2 Å². The van der Waals surface area contributed by atoms with Crippen molar-refractivity contribution in [1.29, 1.82) is 0 Å². The maximum atomic E-state index is 12.4. The normalized spacial score (nSPS) is 10.8. The van der Waals surface area contributed by atoms with Gasteiger partial charge < -0.3 is 24.6 Å². The Morgan fingerprint density at radius 3 is 2.64 bits per heavy atom. The first kappa shape index (κ1) is 21.9. The van der Waals surface area contributed by atoms with Crippen LogP contribution in [0.4, 0.5) is 5.82 Å². The topological polar surface area (TPSA) is 108 Å². The zero-order valence-corrected chi connectivity index (χ0v) is 18.2. The lowest BCUT2D eigenvalue weighted by Crippen LogP contribution is -2.24. The second-order valence-electron chi connectivity index (χ2n) is 7.71. The number of hydrogen-bond donors (Lipinski definition) is 1. The number of benzene rings is 2. The molecule has 9 heteroatoms. The molecule has 2 heterocycles. The summed E-state index contributed by atoms with van der Waals surface area (Å²) >= 11 is 0. The highest BCUT2D eigenvalue weighted by Crippen LogP contribution is 2.24. The van der Waals surface area contributed by atoms with E-state index in [-0.39, 0.29) is 18.1 Å². The van der Waals surface area contributed by atoms with Crippen LogP contribution in [0.3, 0.4) is 0 Å². The average molecular weight is 444 g/mol. The third kappa shape index (κ3) is 5.51. The molecule has 0 atom stereocenters. The summed E-state index contributed by atoms with van der Waals surface area (Å²) < 4.78 is 3.64. The molecule has 0 aliphatic heterocycles. The van der Waals surface area contributed by atoms with E-state index in [2.05, 4.69) is 39.6 Å². The van der Waals surface area contributed by atoms with E-state index in [1.54, 1.807) is 24.0 Å². The molecule has 1 amide bonds. The maximum Gasteiger partial charge on any atom is 0.381 e. The van der Waals surface area contributed by atoms with Crippen molar-refractivity contribution < 1.29 is 9.72 Å². The molecule has 0 aliphatic carbocycles. The maximum absolute atomic E-state index is 12.4. The first-order chi connectivity index (χ1) is 16.0. The predicted octanol–water partition coefficient (Wildman–Crippen LogP) is 3.72. The van der Waals surface area contributed by atoms with Crippen LogP contribution in [-0.4, -0.2) is 29.9 Å². The van der Waals surface area contributed by atoms with E-state index in [1.165, 1.54) is 11.8 Å². The standard InChI is InChI=1S/C24H24N6O3/c1-18-27-23(30(32)33)16-29(18)12-10-24(31)26-14-21-4-2-3-5-22(21)20-8-6-19(7-9-20)15-28-13-11-25-17-28/h2-9,11,13,16-17H,10,12,14-15H2,1H3,(H,26,31). The van der Waals surface area contributed by atoms with Crippen LogP contribution < -0.4 is 5.32 Å². The van der Waals surface area contributed by atoms with Gasteiger partial charge in [-0.25, -0.2) is 4.98 Å². The van der Waals surface area contributed by atoms with Crippen LogP contribution in [0.5, 0.6) is 0 Å². The van der Waals surface area contributed by atoms with Crippen molar-refractivity contribution in [3.63, 3.8) is 0 Å². The second kappa shape index (κ2) is 9.90. The molecular formula is C24H24N6O3. The van der Waals surface area contributed by atoms with Crippen molar-refractivity contribution in [3.8, 4) is 11.1 Å². The lowest BCUT2D eigenvalue weighted by Gasteiger charge is -2.12. The van der Waals surface area contributed by atoms with Crippen molar-refractivity contribution in [1.82, 2.24) is 24.4 Å². The Labute approximate surface area is 190 Å². The van der Waals surface area contributed by atoms with Crippen molar-refractivity contribution in [2.75, 3.05) is 0 Å². The van der Waals surface area contributed by atoms with Crippen molar-refractivity contribution >= 4 is 11.7 Å². The van der Waals surface area contributed by atoms with Gasteiger partial charge in [0.1, 0.15) is 6.20 Å². The summed E-state index contributed by atoms with van der Waals surface area (Å²) in [5, 5.41) is 13.8. The molecule has 2 aromatic heterocycles. The Balaban J connectivity index is 1.36. The molecule has 168 valence electrons. The number of aryl methyl sites for hydroxylation is 2. The quantitative estimate of drug-likeness (QED) is 0.313. The number of amides is 1. The zero-order valence-electron chi connectivity index (χ0n) is 18.2. The van der Waals surface area contributed by atoms with E-state index in [0.29, 0.717) is 18.9 Å². The fourth-order valence-corrected chi connectivity index (χ4v) is 3.65. The monoisotopic (exact) mass is 444 g/mol. The molecule has 0 spiro atoms. The third-order valence-corrected chi connectivity index (χ3v) is 5.41. The summed E-state index contributed by atoms with van der Waals surface area (Å²) in [6.45, 7) is 3.17. The van der Waals surface area contributed by atoms with Crippen molar-refractivity contribution in [2.45, 2.75) is 33.0 Å². The highest BCUT2D eigenvalue weighted by atomic mass is 16.6. The van der Waals surface area contributed by atoms with Gasteiger partial charge in [-0.3, -0.25) is 4.79 Å². The lowest BCUT2D eigenvalue weighted by atomic mass is 9.98. The minimum absolute atomic E-state index is 0.128. The van der Waals surface area contributed by atoms with E-state index in [9.17, 15) is 14.9 Å². The van der Waals surface area contributed by atoms with E-state index < -0.39 is 4.92 Å². The van der Waals surface area contributed by atoms with Crippen LogP contribution in [0.1, 0.15) is 23.4 Å². The molecule has 0 aliphatic rings. The molecule has 4 rings (SSSR count). The van der Waals surface area contributed by atoms with Crippen LogP contribution in [0.15, 0.2) is 73.4 Å². The number of carbonyl (C=O) groups excluding carboxylic acids is 1. The first-order valence-corrected chi connectivity index (χ1v) is 10.6. The summed E-state index contributed by atoms with van der Waals surface area (Å²) in [6.07, 6.45) is 7.05. The van der Waals surface area contributed by atoms with Gasteiger partial charge in [0, 0.05) is 45.4 Å². The highest BCUT2D eigenvalue weighted by Gasteiger charge is 2.15. The molecule has 9 nitrogen and oxygen atoms in total. The molecule has 0 saturated carbocycles. The molecule has 1 N–H and O–H groups in total. The number of nitrogens with one attached hydrogen (secondary N) is 1. The molecule has 0 fully saturated rings. The van der Waals surface area contributed by atoms with Gasteiger partial charge in [-0.1, -0.05) is 48.5 Å². The Bertz CT molecular complexity index is 1250. The fourth-order valence-electron chi connectivity index (χ4n) is 3.65. The van der Waals surface area contributed by atoms with Gasteiger partial charge in [0.15, 0.2) is 0 Å². The van der Waals surface area contributed by atoms with Gasteiger partial charge in [0.05, 0.1) is 6.33 Å².